The number of hydrogen-bond donors (Lipinski definition) is 2. The molecule has 6 nitrogen and oxygen atoms in total. The Kier molecular flexibility index (Phi) is 8.30. The van der Waals surface area contributed by atoms with Crippen molar-refractivity contribution in [3.63, 3.8) is 0 Å². The number of likely N-dealkylation sites (N-methyl/N-ethyl adjacent to an activating group) is 1. The van der Waals surface area contributed by atoms with Crippen molar-refractivity contribution < 1.29 is 13.2 Å². The van der Waals surface area contributed by atoms with E-state index in [1.807, 2.05) is 14.1 Å². The van der Waals surface area contributed by atoms with E-state index < -0.39 is 15.9 Å². The highest BCUT2D eigenvalue weighted by Gasteiger charge is 2.19. The number of nitrogens with two attached hydrogens (primary N) is 1. The van der Waals surface area contributed by atoms with E-state index in [1.165, 1.54) is 0 Å². The van der Waals surface area contributed by atoms with E-state index >= 15 is 0 Å². The Balaban J connectivity index is 4.24. The predicted octanol–water partition coefficient (Wildman–Crippen LogP) is -0.159. The van der Waals surface area contributed by atoms with Crippen LogP contribution in [0.1, 0.15) is 26.7 Å². The Bertz CT molecular complexity index is 394. The lowest BCUT2D eigenvalue weighted by Crippen LogP contribution is -2.47. The van der Waals surface area contributed by atoms with E-state index in [9.17, 15) is 13.2 Å². The molecule has 120 valence electrons. The molecule has 0 fully saturated rings. The average Bonchev–Trinajstić information content (AvgIpc) is 2.29. The van der Waals surface area contributed by atoms with Gasteiger partial charge in [-0.25, -0.2) is 8.42 Å². The van der Waals surface area contributed by atoms with Gasteiger partial charge >= 0.3 is 0 Å². The van der Waals surface area contributed by atoms with Crippen LogP contribution < -0.4 is 11.1 Å². The maximum Gasteiger partial charge on any atom is 0.237 e. The van der Waals surface area contributed by atoms with Gasteiger partial charge < -0.3 is 16.0 Å². The highest BCUT2D eigenvalue weighted by molar-refractivity contribution is 7.90. The molecule has 0 rings (SSSR count). The molecule has 0 aromatic heterocycles. The largest absolute Gasteiger partial charge is 0.353 e. The highest BCUT2D eigenvalue weighted by atomic mass is 32.2. The lowest BCUT2D eigenvalue weighted by molar-refractivity contribution is -0.122. The molecule has 0 bridgehead atoms. The van der Waals surface area contributed by atoms with Gasteiger partial charge in [-0.05, 0) is 32.9 Å². The molecule has 3 N–H and O–H groups in total. The minimum atomic E-state index is -3.08. The molecule has 0 saturated carbocycles. The number of hydrogen-bond acceptors (Lipinski definition) is 5. The molecule has 0 aliphatic rings. The van der Waals surface area contributed by atoms with E-state index in [-0.39, 0.29) is 24.1 Å². The summed E-state index contributed by atoms with van der Waals surface area (Å²) in [6.45, 7) is 4.79. The summed E-state index contributed by atoms with van der Waals surface area (Å²) in [5, 5.41) is 2.81. The number of rotatable bonds is 9. The quantitative estimate of drug-likeness (QED) is 0.617. The molecule has 2 unspecified atom stereocenters. The van der Waals surface area contributed by atoms with Gasteiger partial charge in [0.15, 0.2) is 0 Å². The van der Waals surface area contributed by atoms with Gasteiger partial charge in [0.05, 0.1) is 11.8 Å². The number of nitrogens with zero attached hydrogens (tertiary/aromatic N) is 1. The van der Waals surface area contributed by atoms with Crippen LogP contribution in [0.3, 0.4) is 0 Å². The van der Waals surface area contributed by atoms with Crippen LogP contribution in [0.15, 0.2) is 0 Å². The third kappa shape index (κ3) is 9.28. The average molecular weight is 307 g/mol. The van der Waals surface area contributed by atoms with Crippen molar-refractivity contribution in [2.24, 2.45) is 11.7 Å². The zero-order chi connectivity index (χ0) is 15.9. The highest BCUT2D eigenvalue weighted by Crippen LogP contribution is 2.08. The maximum atomic E-state index is 11.8. The standard InChI is InChI=1S/C13H29N3O3S/c1-10(2)8-11(16(3)4)9-15-13(17)12(14)6-7-20(5,18)19/h10-12H,6-9,14H2,1-5H3,(H,15,17). The summed E-state index contributed by atoms with van der Waals surface area (Å²) in [6, 6.07) is -0.521. The van der Waals surface area contributed by atoms with Gasteiger partial charge in [-0.1, -0.05) is 13.8 Å². The molecule has 0 spiro atoms. The number of nitrogens with one attached hydrogen (secondary N) is 1. The molecule has 0 aliphatic carbocycles. The molecule has 20 heavy (non-hydrogen) atoms. The van der Waals surface area contributed by atoms with Gasteiger partial charge in [0.2, 0.25) is 5.91 Å². The van der Waals surface area contributed by atoms with Crippen molar-refractivity contribution in [2.45, 2.75) is 38.8 Å². The minimum Gasteiger partial charge on any atom is -0.353 e. The molecule has 0 saturated heterocycles. The number of carbonyl (C=O) groups is 1. The minimum absolute atomic E-state index is 0.0648. The summed E-state index contributed by atoms with van der Waals surface area (Å²) in [5.41, 5.74) is 5.70. The van der Waals surface area contributed by atoms with E-state index in [1.54, 1.807) is 0 Å². The second-order valence-corrected chi connectivity index (χ2v) is 8.28. The summed E-state index contributed by atoms with van der Waals surface area (Å²) in [4.78, 5) is 13.9. The third-order valence-electron chi connectivity index (χ3n) is 3.12. The van der Waals surface area contributed by atoms with Crippen LogP contribution >= 0.6 is 0 Å². The SMILES string of the molecule is CC(C)CC(CNC(=O)C(N)CCS(C)(=O)=O)N(C)C. The summed E-state index contributed by atoms with van der Waals surface area (Å²) in [7, 11) is 0.868. The van der Waals surface area contributed by atoms with Crippen molar-refractivity contribution in [3.05, 3.63) is 0 Å². The van der Waals surface area contributed by atoms with Gasteiger partial charge in [0.1, 0.15) is 9.84 Å². The van der Waals surface area contributed by atoms with Gasteiger partial charge in [0.25, 0.3) is 0 Å². The van der Waals surface area contributed by atoms with Crippen LogP contribution in [0, 0.1) is 5.92 Å². The van der Waals surface area contributed by atoms with E-state index in [0.717, 1.165) is 12.7 Å². The van der Waals surface area contributed by atoms with Gasteiger partial charge in [0, 0.05) is 18.8 Å². The molecule has 0 aromatic carbocycles. The third-order valence-corrected chi connectivity index (χ3v) is 4.10. The van der Waals surface area contributed by atoms with Crippen LogP contribution in [0.5, 0.6) is 0 Å². The Morgan fingerprint density at radius 3 is 2.25 bits per heavy atom. The predicted molar refractivity (Wildman–Crippen MR) is 82.2 cm³/mol. The monoisotopic (exact) mass is 307 g/mol. The van der Waals surface area contributed by atoms with Crippen molar-refractivity contribution in [2.75, 3.05) is 32.6 Å². The van der Waals surface area contributed by atoms with Crippen LogP contribution in [0.25, 0.3) is 0 Å². The second-order valence-electron chi connectivity index (χ2n) is 6.02. The van der Waals surface area contributed by atoms with Crippen molar-refractivity contribution >= 4 is 15.7 Å². The van der Waals surface area contributed by atoms with Gasteiger partial charge in [-0.15, -0.1) is 0 Å². The van der Waals surface area contributed by atoms with Crippen LogP contribution in [-0.2, 0) is 14.6 Å². The van der Waals surface area contributed by atoms with E-state index in [4.69, 9.17) is 5.73 Å². The molecule has 2 atom stereocenters. The molecular formula is C13H29N3O3S. The first-order valence-electron chi connectivity index (χ1n) is 6.90. The summed E-state index contributed by atoms with van der Waals surface area (Å²) >= 11 is 0. The van der Waals surface area contributed by atoms with Gasteiger partial charge in [-0.3, -0.25) is 4.79 Å². The zero-order valence-electron chi connectivity index (χ0n) is 13.2. The Morgan fingerprint density at radius 1 is 1.30 bits per heavy atom. The van der Waals surface area contributed by atoms with Gasteiger partial charge in [-0.2, -0.15) is 0 Å². The fourth-order valence-electron chi connectivity index (χ4n) is 1.84. The lowest BCUT2D eigenvalue weighted by Gasteiger charge is -2.26. The lowest BCUT2D eigenvalue weighted by atomic mass is 10.0. The van der Waals surface area contributed by atoms with Crippen LogP contribution in [-0.4, -0.2) is 64.0 Å². The Hall–Kier alpha value is -0.660. The van der Waals surface area contributed by atoms with Crippen molar-refractivity contribution in [1.82, 2.24) is 10.2 Å². The maximum absolute atomic E-state index is 11.8. The molecular weight excluding hydrogens is 278 g/mol. The van der Waals surface area contributed by atoms with Crippen LogP contribution in [0.2, 0.25) is 0 Å². The molecule has 0 aliphatic heterocycles. The smallest absolute Gasteiger partial charge is 0.237 e. The topological polar surface area (TPSA) is 92.5 Å². The Labute approximate surface area is 123 Å². The van der Waals surface area contributed by atoms with E-state index in [0.29, 0.717) is 12.5 Å². The molecule has 1 amide bonds. The number of amides is 1. The summed E-state index contributed by atoms with van der Waals surface area (Å²) in [6.07, 6.45) is 2.27. The number of sulfone groups is 1. The summed E-state index contributed by atoms with van der Waals surface area (Å²) in [5.74, 6) is 0.187. The molecule has 0 aromatic rings. The van der Waals surface area contributed by atoms with Crippen molar-refractivity contribution in [1.29, 1.82) is 0 Å². The second kappa shape index (κ2) is 8.59. The zero-order valence-corrected chi connectivity index (χ0v) is 14.0. The fraction of sp³-hybridized carbons (Fsp3) is 0.923. The Morgan fingerprint density at radius 2 is 1.85 bits per heavy atom. The number of carbonyl (C=O) groups excluding carboxylic acids is 1. The van der Waals surface area contributed by atoms with E-state index in [2.05, 4.69) is 24.1 Å². The molecule has 0 heterocycles. The molecule has 7 heteroatoms. The first-order chi connectivity index (χ1) is 9.03. The van der Waals surface area contributed by atoms with Crippen molar-refractivity contribution in [3.8, 4) is 0 Å². The van der Waals surface area contributed by atoms with Crippen LogP contribution in [0.4, 0.5) is 0 Å². The first-order valence-corrected chi connectivity index (χ1v) is 8.96. The fourth-order valence-corrected chi connectivity index (χ4v) is 2.52. The summed E-state index contributed by atoms with van der Waals surface area (Å²) < 4.78 is 22.1. The first kappa shape index (κ1) is 19.3. The molecule has 0 radical (unpaired) electrons. The normalized spacial score (nSPS) is 15.4.